The van der Waals surface area contributed by atoms with Crippen LogP contribution in [0.1, 0.15) is 22.0 Å². The van der Waals surface area contributed by atoms with Crippen molar-refractivity contribution in [1.29, 1.82) is 0 Å². The molecule has 1 atom stereocenters. The van der Waals surface area contributed by atoms with Crippen LogP contribution in [-0.2, 0) is 4.79 Å². The molecule has 0 saturated carbocycles. The van der Waals surface area contributed by atoms with Crippen molar-refractivity contribution in [2.45, 2.75) is 6.04 Å². The number of hydrogen-bond acceptors (Lipinski definition) is 8. The minimum atomic E-state index is -1.08. The van der Waals surface area contributed by atoms with E-state index in [4.69, 9.17) is 21.1 Å². The highest BCUT2D eigenvalue weighted by atomic mass is 35.5. The van der Waals surface area contributed by atoms with Gasteiger partial charge in [0.05, 0.1) is 26.7 Å². The summed E-state index contributed by atoms with van der Waals surface area (Å²) in [5.41, 5.74) is 0.965. The van der Waals surface area contributed by atoms with Gasteiger partial charge >= 0.3 is 5.69 Å². The highest BCUT2D eigenvalue weighted by molar-refractivity contribution is 7.22. The molecule has 3 heterocycles. The van der Waals surface area contributed by atoms with Crippen molar-refractivity contribution in [3.05, 3.63) is 93.1 Å². The number of Topliss-reactive ketones (excluding diaryl/α,β-unsaturated/α-hetero) is 1. The van der Waals surface area contributed by atoms with Crippen molar-refractivity contribution in [2.24, 2.45) is 0 Å². The first-order chi connectivity index (χ1) is 18.3. The third-order valence-electron chi connectivity index (χ3n) is 6.23. The molecule has 6 rings (SSSR count). The van der Waals surface area contributed by atoms with Crippen LogP contribution in [0.3, 0.4) is 0 Å². The highest BCUT2D eigenvalue weighted by Crippen LogP contribution is 2.45. The average Bonchev–Trinajstić information content (AvgIpc) is 3.45. The van der Waals surface area contributed by atoms with Crippen molar-refractivity contribution < 1.29 is 34.3 Å². The molecule has 0 saturated heterocycles. The number of ether oxygens (including phenoxy) is 2. The Hall–Kier alpha value is -4.48. The van der Waals surface area contributed by atoms with E-state index in [2.05, 4.69) is 4.98 Å². The molecule has 0 aliphatic carbocycles. The first kappa shape index (κ1) is 23.9. The number of amides is 1. The normalized spacial score (nSPS) is 16.8. The first-order valence-electron chi connectivity index (χ1n) is 11.3. The lowest BCUT2D eigenvalue weighted by atomic mass is 9.92. The van der Waals surface area contributed by atoms with Gasteiger partial charge in [-0.15, -0.1) is 0 Å². The van der Waals surface area contributed by atoms with E-state index in [0.29, 0.717) is 45.5 Å². The first-order valence-corrected chi connectivity index (χ1v) is 12.5. The molecule has 0 bridgehead atoms. The van der Waals surface area contributed by atoms with Gasteiger partial charge < -0.3 is 14.6 Å². The number of ketones is 1. The van der Waals surface area contributed by atoms with Crippen molar-refractivity contribution in [3.63, 3.8) is 0 Å². The fraction of sp³-hybridized carbons (Fsp3) is 0.115. The summed E-state index contributed by atoms with van der Waals surface area (Å²) in [5.74, 6) is -1.25. The van der Waals surface area contributed by atoms with E-state index >= 15 is 0 Å². The third-order valence-corrected chi connectivity index (χ3v) is 7.48. The highest BCUT2D eigenvalue weighted by Gasteiger charge is 2.46. The Morgan fingerprint density at radius 3 is 2.53 bits per heavy atom. The maximum Gasteiger partial charge on any atom is 0.316 e. The van der Waals surface area contributed by atoms with Crippen molar-refractivity contribution in [2.75, 3.05) is 18.1 Å². The van der Waals surface area contributed by atoms with Crippen LogP contribution in [0.25, 0.3) is 10.2 Å². The van der Waals surface area contributed by atoms with E-state index in [0.717, 1.165) is 0 Å². The standard InChI is InChI=1S/C26H16ClN3O7S/c27-15-4-7-17-20(12-15)38-26(28-17)29-22(13-1-5-16(6-2-13)30(34)35)21(24(32)25(29)33)23(31)14-3-8-18-19(11-14)37-10-9-36-18/h1-8,11-12,22H,9-10H2,(H-,31,32,34,35)/p+1/t22-/m0/s1. The number of halogens is 1. The number of nitrogens with zero attached hydrogens (tertiary/aromatic N) is 3. The Balaban J connectivity index is 1.48. The molecule has 0 spiro atoms. The SMILES string of the molecule is O=C(C1=C(O)C(=O)N(c2nc3ccc(Cl)cc3s2)[C@H]1c1ccc([N+](=O)O)cc1)c1ccc2c(c1)OCCO2. The number of aliphatic hydroxyl groups excluding tert-OH is 1. The van der Waals surface area contributed by atoms with E-state index in [1.165, 1.54) is 52.6 Å². The van der Waals surface area contributed by atoms with Gasteiger partial charge in [0.2, 0.25) is 0 Å². The van der Waals surface area contributed by atoms with E-state index in [9.17, 15) is 24.8 Å². The number of carbonyl (C=O) groups is 2. The molecule has 10 nitrogen and oxygen atoms in total. The molecule has 1 amide bonds. The summed E-state index contributed by atoms with van der Waals surface area (Å²) in [6.07, 6.45) is 0. The molecule has 12 heteroatoms. The Kier molecular flexibility index (Phi) is 5.73. The second kappa shape index (κ2) is 9.12. The zero-order chi connectivity index (χ0) is 26.6. The van der Waals surface area contributed by atoms with Crippen LogP contribution in [-0.4, -0.2) is 45.1 Å². The lowest BCUT2D eigenvalue weighted by molar-refractivity contribution is -0.729. The zero-order valence-electron chi connectivity index (χ0n) is 19.3. The average molecular weight is 551 g/mol. The van der Waals surface area contributed by atoms with E-state index < -0.39 is 23.5 Å². The maximum atomic E-state index is 13.8. The summed E-state index contributed by atoms with van der Waals surface area (Å²) >= 11 is 7.30. The molecule has 2 aliphatic rings. The molecule has 2 N–H and O–H groups in total. The molecular formula is C26H17ClN3O7S+. The van der Waals surface area contributed by atoms with Crippen LogP contribution < -0.4 is 14.4 Å². The molecule has 1 aromatic heterocycles. The van der Waals surface area contributed by atoms with E-state index in [1.54, 1.807) is 24.3 Å². The number of aliphatic hydroxyl groups is 1. The van der Waals surface area contributed by atoms with Gasteiger partial charge in [-0.2, -0.15) is 0 Å². The molecule has 0 fully saturated rings. The molecule has 0 radical (unpaired) electrons. The maximum absolute atomic E-state index is 13.8. The largest absolute Gasteiger partial charge is 0.503 e. The molecule has 38 heavy (non-hydrogen) atoms. The number of fused-ring (bicyclic) bond motifs is 2. The van der Waals surface area contributed by atoms with E-state index in [-0.39, 0.29) is 26.9 Å². The van der Waals surface area contributed by atoms with Gasteiger partial charge in [0.1, 0.15) is 13.2 Å². The third kappa shape index (κ3) is 3.92. The van der Waals surface area contributed by atoms with Gasteiger partial charge in [-0.05, 0) is 54.1 Å². The van der Waals surface area contributed by atoms with Crippen LogP contribution in [0.15, 0.2) is 72.0 Å². The van der Waals surface area contributed by atoms with Crippen LogP contribution >= 0.6 is 22.9 Å². The molecule has 190 valence electrons. The number of benzene rings is 3. The van der Waals surface area contributed by atoms with Gasteiger partial charge in [-0.1, -0.05) is 22.9 Å². The molecular weight excluding hydrogens is 534 g/mol. The minimum Gasteiger partial charge on any atom is -0.503 e. The molecule has 3 aromatic carbocycles. The monoisotopic (exact) mass is 550 g/mol. The lowest BCUT2D eigenvalue weighted by Gasteiger charge is -2.24. The summed E-state index contributed by atoms with van der Waals surface area (Å²) < 4.78 is 11.8. The van der Waals surface area contributed by atoms with Gasteiger partial charge in [0, 0.05) is 22.7 Å². The predicted octanol–water partition coefficient (Wildman–Crippen LogP) is 5.30. The van der Waals surface area contributed by atoms with Gasteiger partial charge in [0.25, 0.3) is 10.8 Å². The summed E-state index contributed by atoms with van der Waals surface area (Å²) in [7, 11) is 0. The summed E-state index contributed by atoms with van der Waals surface area (Å²) in [6.45, 7) is 0.707. The number of carbonyl (C=O) groups excluding carboxylic acids is 2. The summed E-state index contributed by atoms with van der Waals surface area (Å²) in [5, 5.41) is 21.0. The Bertz CT molecular complexity index is 1680. The number of rotatable bonds is 5. The quantitative estimate of drug-likeness (QED) is 0.253. The lowest BCUT2D eigenvalue weighted by Crippen LogP contribution is -2.31. The summed E-state index contributed by atoms with van der Waals surface area (Å²) in [6, 6.07) is 14.3. The molecule has 0 unspecified atom stereocenters. The Labute approximate surface area is 223 Å². The number of thiazole rings is 1. The van der Waals surface area contributed by atoms with Gasteiger partial charge in [-0.25, -0.2) is 10.2 Å². The van der Waals surface area contributed by atoms with Crippen molar-refractivity contribution >= 4 is 55.7 Å². The molecule has 4 aromatic rings. The van der Waals surface area contributed by atoms with Crippen LogP contribution in [0.2, 0.25) is 5.02 Å². The summed E-state index contributed by atoms with van der Waals surface area (Å²) in [4.78, 5) is 44.1. The van der Waals surface area contributed by atoms with Crippen molar-refractivity contribution in [3.8, 4) is 11.5 Å². The second-order valence-electron chi connectivity index (χ2n) is 8.50. The smallest absolute Gasteiger partial charge is 0.316 e. The fourth-order valence-corrected chi connectivity index (χ4v) is 5.73. The minimum absolute atomic E-state index is 0.0489. The number of aromatic nitrogens is 1. The number of hydrogen-bond donors (Lipinski definition) is 2. The topological polar surface area (TPSA) is 129 Å². The Morgan fingerprint density at radius 2 is 1.79 bits per heavy atom. The van der Waals surface area contributed by atoms with Crippen molar-refractivity contribution in [1.82, 2.24) is 4.98 Å². The second-order valence-corrected chi connectivity index (χ2v) is 9.95. The predicted molar refractivity (Wildman–Crippen MR) is 138 cm³/mol. The van der Waals surface area contributed by atoms with Crippen LogP contribution in [0.4, 0.5) is 10.8 Å². The van der Waals surface area contributed by atoms with E-state index in [1.807, 2.05) is 0 Å². The fourth-order valence-electron chi connectivity index (χ4n) is 4.46. The Morgan fingerprint density at radius 1 is 1.05 bits per heavy atom. The zero-order valence-corrected chi connectivity index (χ0v) is 20.9. The van der Waals surface area contributed by atoms with Crippen LogP contribution in [0, 0.1) is 4.91 Å². The van der Waals surface area contributed by atoms with Crippen LogP contribution in [0.5, 0.6) is 11.5 Å². The van der Waals surface area contributed by atoms with Gasteiger partial charge in [0.15, 0.2) is 28.2 Å². The number of anilines is 1. The molecule has 2 aliphatic heterocycles. The van der Waals surface area contributed by atoms with Gasteiger partial charge in [-0.3, -0.25) is 14.5 Å².